The summed E-state index contributed by atoms with van der Waals surface area (Å²) in [7, 11) is 1.45. The number of aliphatic carboxylic acids is 1. The number of rotatable bonds is 8. The molecule has 2 N–H and O–H groups in total. The van der Waals surface area contributed by atoms with E-state index in [2.05, 4.69) is 21.2 Å². The standard InChI is InChI=1S/C15H20BrNO5/c1-10(22-12-7-5-4-6-11(12)16)14(20)17-15(2,9-21-3)8-13(18)19/h4-7,10H,8-9H2,1-3H3,(H,17,20)(H,18,19). The van der Waals surface area contributed by atoms with E-state index >= 15 is 0 Å². The summed E-state index contributed by atoms with van der Waals surface area (Å²) in [6.07, 6.45) is -1.02. The maximum Gasteiger partial charge on any atom is 0.305 e. The average Bonchev–Trinajstić information content (AvgIpc) is 2.40. The molecule has 0 aliphatic heterocycles. The highest BCUT2D eigenvalue weighted by Crippen LogP contribution is 2.25. The maximum absolute atomic E-state index is 12.2. The minimum atomic E-state index is -1.01. The highest BCUT2D eigenvalue weighted by Gasteiger charge is 2.31. The molecule has 0 aromatic heterocycles. The Balaban J connectivity index is 2.73. The summed E-state index contributed by atoms with van der Waals surface area (Å²) >= 11 is 3.34. The lowest BCUT2D eigenvalue weighted by molar-refractivity contribution is -0.140. The van der Waals surface area contributed by atoms with Gasteiger partial charge >= 0.3 is 5.97 Å². The second-order valence-corrected chi connectivity index (χ2v) is 6.10. The number of amides is 1. The first-order chi connectivity index (χ1) is 10.3. The van der Waals surface area contributed by atoms with Crippen LogP contribution in [0.25, 0.3) is 0 Å². The summed E-state index contributed by atoms with van der Waals surface area (Å²) in [6, 6.07) is 7.17. The molecule has 1 aromatic carbocycles. The molecule has 1 rings (SSSR count). The van der Waals surface area contributed by atoms with Gasteiger partial charge in [-0.2, -0.15) is 0 Å². The van der Waals surface area contributed by atoms with Gasteiger partial charge in [0.15, 0.2) is 6.10 Å². The van der Waals surface area contributed by atoms with Crippen LogP contribution in [0.2, 0.25) is 0 Å². The lowest BCUT2D eigenvalue weighted by Gasteiger charge is -2.30. The Labute approximate surface area is 137 Å². The van der Waals surface area contributed by atoms with Crippen molar-refractivity contribution < 1.29 is 24.2 Å². The van der Waals surface area contributed by atoms with Crippen molar-refractivity contribution in [2.45, 2.75) is 31.9 Å². The van der Waals surface area contributed by atoms with E-state index in [-0.39, 0.29) is 13.0 Å². The first kappa shape index (κ1) is 18.4. The van der Waals surface area contributed by atoms with Crippen molar-refractivity contribution in [1.29, 1.82) is 0 Å². The molecule has 7 heteroatoms. The summed E-state index contributed by atoms with van der Waals surface area (Å²) < 4.78 is 11.3. The van der Waals surface area contributed by atoms with E-state index in [1.54, 1.807) is 32.0 Å². The molecule has 0 aliphatic carbocycles. The van der Waals surface area contributed by atoms with Crippen LogP contribution in [0.4, 0.5) is 0 Å². The fourth-order valence-corrected chi connectivity index (χ4v) is 2.35. The van der Waals surface area contributed by atoms with Crippen LogP contribution in [0, 0.1) is 0 Å². The van der Waals surface area contributed by atoms with Crippen molar-refractivity contribution in [2.75, 3.05) is 13.7 Å². The van der Waals surface area contributed by atoms with Crippen LogP contribution >= 0.6 is 15.9 Å². The lowest BCUT2D eigenvalue weighted by Crippen LogP contribution is -2.54. The van der Waals surface area contributed by atoms with Gasteiger partial charge in [0.1, 0.15) is 5.75 Å². The molecule has 1 amide bonds. The van der Waals surface area contributed by atoms with E-state index in [0.29, 0.717) is 5.75 Å². The molecule has 122 valence electrons. The molecule has 22 heavy (non-hydrogen) atoms. The smallest absolute Gasteiger partial charge is 0.305 e. The van der Waals surface area contributed by atoms with Crippen molar-refractivity contribution in [2.24, 2.45) is 0 Å². The number of nitrogens with one attached hydrogen (secondary N) is 1. The number of hydrogen-bond acceptors (Lipinski definition) is 4. The zero-order valence-electron chi connectivity index (χ0n) is 12.8. The van der Waals surface area contributed by atoms with Crippen LogP contribution in [0.5, 0.6) is 5.75 Å². The number of ether oxygens (including phenoxy) is 2. The second-order valence-electron chi connectivity index (χ2n) is 5.24. The second kappa shape index (κ2) is 8.14. The topological polar surface area (TPSA) is 84.9 Å². The third kappa shape index (κ3) is 5.65. The van der Waals surface area contributed by atoms with Gasteiger partial charge in [0.25, 0.3) is 5.91 Å². The summed E-state index contributed by atoms with van der Waals surface area (Å²) in [6.45, 7) is 3.31. The van der Waals surface area contributed by atoms with Crippen molar-refractivity contribution >= 4 is 27.8 Å². The first-order valence-electron chi connectivity index (χ1n) is 6.71. The molecule has 0 bridgehead atoms. The fourth-order valence-electron chi connectivity index (χ4n) is 1.97. The molecule has 1 aromatic rings. The summed E-state index contributed by atoms with van der Waals surface area (Å²) in [5.41, 5.74) is -0.997. The van der Waals surface area contributed by atoms with Gasteiger partial charge in [-0.15, -0.1) is 0 Å². The Morgan fingerprint density at radius 1 is 1.41 bits per heavy atom. The number of carboxylic acid groups (broad SMARTS) is 1. The molecule has 0 aliphatic rings. The Morgan fingerprint density at radius 2 is 2.05 bits per heavy atom. The number of benzene rings is 1. The number of carbonyl (C=O) groups excluding carboxylic acids is 1. The van der Waals surface area contributed by atoms with Gasteiger partial charge in [-0.05, 0) is 41.9 Å². The fraction of sp³-hybridized carbons (Fsp3) is 0.467. The van der Waals surface area contributed by atoms with Crippen LogP contribution in [0.15, 0.2) is 28.7 Å². The summed E-state index contributed by atoms with van der Waals surface area (Å²) in [4.78, 5) is 23.2. The van der Waals surface area contributed by atoms with Crippen molar-refractivity contribution in [3.63, 3.8) is 0 Å². The van der Waals surface area contributed by atoms with Crippen molar-refractivity contribution in [3.8, 4) is 5.75 Å². The van der Waals surface area contributed by atoms with Gasteiger partial charge in [0.05, 0.1) is 23.0 Å². The van der Waals surface area contributed by atoms with Crippen LogP contribution in [-0.2, 0) is 14.3 Å². The predicted octanol–water partition coefficient (Wildman–Crippen LogP) is 2.21. The van der Waals surface area contributed by atoms with E-state index in [9.17, 15) is 9.59 Å². The van der Waals surface area contributed by atoms with Gasteiger partial charge in [0.2, 0.25) is 0 Å². The average molecular weight is 374 g/mol. The third-order valence-electron chi connectivity index (χ3n) is 2.94. The molecule has 0 fully saturated rings. The van der Waals surface area contributed by atoms with Gasteiger partial charge in [-0.25, -0.2) is 0 Å². The van der Waals surface area contributed by atoms with E-state index < -0.39 is 23.5 Å². The number of carbonyl (C=O) groups is 2. The minimum absolute atomic E-state index is 0.0901. The molecule has 0 heterocycles. The van der Waals surface area contributed by atoms with E-state index in [4.69, 9.17) is 14.6 Å². The van der Waals surface area contributed by atoms with Gasteiger partial charge in [-0.1, -0.05) is 12.1 Å². The van der Waals surface area contributed by atoms with E-state index in [0.717, 1.165) is 4.47 Å². The molecule has 0 radical (unpaired) electrons. The Kier molecular flexibility index (Phi) is 6.83. The summed E-state index contributed by atoms with van der Waals surface area (Å²) in [5, 5.41) is 11.6. The highest BCUT2D eigenvalue weighted by molar-refractivity contribution is 9.10. The first-order valence-corrected chi connectivity index (χ1v) is 7.50. The summed E-state index contributed by atoms with van der Waals surface area (Å²) in [5.74, 6) is -0.882. The zero-order valence-corrected chi connectivity index (χ0v) is 14.3. The van der Waals surface area contributed by atoms with Gasteiger partial charge in [0, 0.05) is 7.11 Å². The minimum Gasteiger partial charge on any atom is -0.481 e. The Hall–Kier alpha value is -1.60. The van der Waals surface area contributed by atoms with Gasteiger partial charge < -0.3 is 19.9 Å². The largest absolute Gasteiger partial charge is 0.481 e. The Morgan fingerprint density at radius 3 is 2.59 bits per heavy atom. The Bertz CT molecular complexity index is 536. The quantitative estimate of drug-likeness (QED) is 0.729. The number of methoxy groups -OCH3 is 1. The van der Waals surface area contributed by atoms with Crippen LogP contribution in [0.1, 0.15) is 20.3 Å². The monoisotopic (exact) mass is 373 g/mol. The highest BCUT2D eigenvalue weighted by atomic mass is 79.9. The number of carboxylic acids is 1. The van der Waals surface area contributed by atoms with Gasteiger partial charge in [-0.3, -0.25) is 9.59 Å². The molecular formula is C15H20BrNO5. The normalized spacial score (nSPS) is 14.7. The molecule has 0 spiro atoms. The lowest BCUT2D eigenvalue weighted by atomic mass is 9.98. The van der Waals surface area contributed by atoms with E-state index in [1.807, 2.05) is 6.07 Å². The molecule has 6 nitrogen and oxygen atoms in total. The third-order valence-corrected chi connectivity index (χ3v) is 3.59. The molecule has 0 saturated heterocycles. The zero-order chi connectivity index (χ0) is 16.8. The number of hydrogen-bond donors (Lipinski definition) is 2. The molecule has 2 atom stereocenters. The van der Waals surface area contributed by atoms with Crippen molar-refractivity contribution in [1.82, 2.24) is 5.32 Å². The molecule has 2 unspecified atom stereocenters. The van der Waals surface area contributed by atoms with Crippen LogP contribution in [-0.4, -0.2) is 42.3 Å². The predicted molar refractivity (Wildman–Crippen MR) is 84.9 cm³/mol. The number of halogens is 1. The van der Waals surface area contributed by atoms with E-state index in [1.165, 1.54) is 7.11 Å². The molecule has 0 saturated carbocycles. The molecular weight excluding hydrogens is 354 g/mol. The van der Waals surface area contributed by atoms with Crippen LogP contribution < -0.4 is 10.1 Å². The van der Waals surface area contributed by atoms with Crippen molar-refractivity contribution in [3.05, 3.63) is 28.7 Å². The number of para-hydroxylation sites is 1. The van der Waals surface area contributed by atoms with Crippen LogP contribution in [0.3, 0.4) is 0 Å². The maximum atomic E-state index is 12.2. The SMILES string of the molecule is COCC(C)(CC(=O)O)NC(=O)C(C)Oc1ccccc1Br.